The number of hydrogen-bond donors (Lipinski definition) is 0. The minimum atomic E-state index is -0.694. The number of carbonyl (C=O) groups excluding carboxylic acids is 1. The predicted molar refractivity (Wildman–Crippen MR) is 97.5 cm³/mol. The van der Waals surface area contributed by atoms with Gasteiger partial charge >= 0.3 is 0 Å². The number of amides is 1. The second kappa shape index (κ2) is 5.80. The van der Waals surface area contributed by atoms with E-state index in [1.165, 1.54) is 0 Å². The van der Waals surface area contributed by atoms with Gasteiger partial charge in [-0.25, -0.2) is 4.98 Å². The van der Waals surface area contributed by atoms with Gasteiger partial charge in [0.1, 0.15) is 10.6 Å². The van der Waals surface area contributed by atoms with Crippen LogP contribution in [0.25, 0.3) is 0 Å². The van der Waals surface area contributed by atoms with E-state index in [-0.39, 0.29) is 5.91 Å². The first kappa shape index (κ1) is 15.0. The Hall–Kier alpha value is -2.59. The molecule has 3 nitrogen and oxygen atoms in total. The summed E-state index contributed by atoms with van der Waals surface area (Å²) in [6, 6.07) is 23.6. The van der Waals surface area contributed by atoms with Gasteiger partial charge in [0, 0.05) is 16.7 Å². The van der Waals surface area contributed by atoms with Crippen molar-refractivity contribution < 1.29 is 4.79 Å². The van der Waals surface area contributed by atoms with Gasteiger partial charge in [-0.1, -0.05) is 42.5 Å². The van der Waals surface area contributed by atoms with E-state index in [9.17, 15) is 4.79 Å². The molecule has 0 saturated carbocycles. The summed E-state index contributed by atoms with van der Waals surface area (Å²) in [4.78, 5) is 20.6. The summed E-state index contributed by atoms with van der Waals surface area (Å²) < 4.78 is -0.694. The minimum absolute atomic E-state index is 0.0382. The largest absolute Gasteiger partial charge is 0.272 e. The maximum atomic E-state index is 13.4. The topological polar surface area (TPSA) is 33.2 Å². The van der Waals surface area contributed by atoms with Crippen molar-refractivity contribution in [1.29, 1.82) is 0 Å². The molecule has 4 rings (SSSR count). The van der Waals surface area contributed by atoms with Crippen molar-refractivity contribution in [1.82, 2.24) is 4.98 Å². The van der Waals surface area contributed by atoms with Gasteiger partial charge in [-0.05, 0) is 37.3 Å². The molecule has 118 valence electrons. The molecule has 0 saturated heterocycles. The van der Waals surface area contributed by atoms with Crippen molar-refractivity contribution in [3.63, 3.8) is 0 Å². The second-order valence-corrected chi connectivity index (χ2v) is 7.29. The molecule has 0 bridgehead atoms. The number of fused-ring (bicyclic) bond motifs is 1. The van der Waals surface area contributed by atoms with Crippen LogP contribution in [-0.4, -0.2) is 10.9 Å². The first-order chi connectivity index (χ1) is 11.7. The van der Waals surface area contributed by atoms with Crippen LogP contribution in [0.15, 0.2) is 83.9 Å². The lowest BCUT2D eigenvalue weighted by Gasteiger charge is -2.23. The molecule has 0 N–H and O–H groups in total. The third-order valence-electron chi connectivity index (χ3n) is 4.20. The zero-order chi connectivity index (χ0) is 16.6. The van der Waals surface area contributed by atoms with Crippen LogP contribution in [0.3, 0.4) is 0 Å². The molecule has 1 aliphatic heterocycles. The third-order valence-corrected chi connectivity index (χ3v) is 5.51. The first-order valence-corrected chi connectivity index (χ1v) is 8.61. The van der Waals surface area contributed by atoms with E-state index >= 15 is 0 Å². The Bertz CT molecular complexity index is 882. The normalized spacial score (nSPS) is 19.4. The molecule has 4 heteroatoms. The molecule has 1 aliphatic rings. The first-order valence-electron chi connectivity index (χ1n) is 7.79. The van der Waals surface area contributed by atoms with E-state index < -0.39 is 4.75 Å². The maximum absolute atomic E-state index is 13.4. The molecule has 0 radical (unpaired) electrons. The van der Waals surface area contributed by atoms with Crippen molar-refractivity contribution in [3.8, 4) is 0 Å². The van der Waals surface area contributed by atoms with Crippen LogP contribution in [0.4, 0.5) is 11.5 Å². The molecule has 1 aromatic heterocycles. The van der Waals surface area contributed by atoms with Crippen molar-refractivity contribution in [2.24, 2.45) is 0 Å². The predicted octanol–water partition coefficient (Wildman–Crippen LogP) is 4.77. The summed E-state index contributed by atoms with van der Waals surface area (Å²) >= 11 is 1.57. The molecule has 2 heterocycles. The van der Waals surface area contributed by atoms with E-state index in [2.05, 4.69) is 4.98 Å². The lowest BCUT2D eigenvalue weighted by atomic mass is 10.0. The number of pyridine rings is 1. The molecule has 1 atom stereocenters. The van der Waals surface area contributed by atoms with Gasteiger partial charge in [0.05, 0.1) is 5.69 Å². The number of thioether (sulfide) groups is 1. The number of carbonyl (C=O) groups is 1. The SMILES string of the molecule is CC1(Sc2ccccc2)C(=O)N(c2ccccc2)c2ncccc21. The smallest absolute Gasteiger partial charge is 0.253 e. The highest BCUT2D eigenvalue weighted by Gasteiger charge is 2.49. The quantitative estimate of drug-likeness (QED) is 0.693. The van der Waals surface area contributed by atoms with Crippen LogP contribution in [0.1, 0.15) is 12.5 Å². The Kier molecular flexibility index (Phi) is 3.62. The second-order valence-electron chi connectivity index (χ2n) is 5.80. The molecule has 24 heavy (non-hydrogen) atoms. The highest BCUT2D eigenvalue weighted by Crippen LogP contribution is 2.52. The maximum Gasteiger partial charge on any atom is 0.253 e. The highest BCUT2D eigenvalue weighted by molar-refractivity contribution is 8.01. The molecule has 3 aromatic rings. The molecule has 0 aliphatic carbocycles. The number of anilines is 2. The van der Waals surface area contributed by atoms with Crippen LogP contribution >= 0.6 is 11.8 Å². The molecule has 0 spiro atoms. The van der Waals surface area contributed by atoms with E-state index in [1.807, 2.05) is 79.7 Å². The highest BCUT2D eigenvalue weighted by atomic mass is 32.2. The van der Waals surface area contributed by atoms with E-state index in [0.717, 1.165) is 22.0 Å². The Balaban J connectivity index is 1.83. The third kappa shape index (κ3) is 2.31. The molecule has 2 aromatic carbocycles. The van der Waals surface area contributed by atoms with Gasteiger partial charge in [0.25, 0.3) is 5.91 Å². The zero-order valence-corrected chi connectivity index (χ0v) is 14.0. The monoisotopic (exact) mass is 332 g/mol. The number of hydrogen-bond acceptors (Lipinski definition) is 3. The summed E-state index contributed by atoms with van der Waals surface area (Å²) in [6.45, 7) is 1.98. The van der Waals surface area contributed by atoms with Crippen molar-refractivity contribution >= 4 is 29.2 Å². The summed E-state index contributed by atoms with van der Waals surface area (Å²) in [7, 11) is 0. The molecular formula is C20H16N2OS. The van der Waals surface area contributed by atoms with E-state index in [1.54, 1.807) is 22.9 Å². The zero-order valence-electron chi connectivity index (χ0n) is 13.2. The van der Waals surface area contributed by atoms with Gasteiger partial charge in [0.15, 0.2) is 0 Å². The van der Waals surface area contributed by atoms with Crippen LogP contribution in [-0.2, 0) is 9.54 Å². The summed E-state index contributed by atoms with van der Waals surface area (Å²) in [6.07, 6.45) is 1.74. The van der Waals surface area contributed by atoms with Crippen LogP contribution < -0.4 is 4.90 Å². The standard InChI is InChI=1S/C20H16N2OS/c1-20(24-16-11-6-3-7-12-16)17-13-8-14-21-18(17)22(19(20)23)15-9-4-2-5-10-15/h2-14H,1H3. The molecule has 1 unspecified atom stereocenters. The number of rotatable bonds is 3. The lowest BCUT2D eigenvalue weighted by molar-refractivity contribution is -0.119. The van der Waals surface area contributed by atoms with Crippen molar-refractivity contribution in [3.05, 3.63) is 84.6 Å². The summed E-state index contributed by atoms with van der Waals surface area (Å²) in [5, 5.41) is 0. The van der Waals surface area contributed by atoms with Gasteiger partial charge in [-0.3, -0.25) is 9.69 Å². The Morgan fingerprint density at radius 2 is 1.58 bits per heavy atom. The number of benzene rings is 2. The van der Waals surface area contributed by atoms with Crippen molar-refractivity contribution in [2.75, 3.05) is 4.90 Å². The Morgan fingerprint density at radius 1 is 0.917 bits per heavy atom. The van der Waals surface area contributed by atoms with E-state index in [0.29, 0.717) is 0 Å². The fourth-order valence-electron chi connectivity index (χ4n) is 3.01. The van der Waals surface area contributed by atoms with Gasteiger partial charge < -0.3 is 0 Å². The van der Waals surface area contributed by atoms with Gasteiger partial charge in [-0.15, -0.1) is 11.8 Å². The van der Waals surface area contributed by atoms with Gasteiger partial charge in [0.2, 0.25) is 0 Å². The number of nitrogens with zero attached hydrogens (tertiary/aromatic N) is 2. The molecular weight excluding hydrogens is 316 g/mol. The average Bonchev–Trinajstić information content (AvgIpc) is 2.85. The Labute approximate surface area is 145 Å². The number of aromatic nitrogens is 1. The fourth-order valence-corrected chi connectivity index (χ4v) is 4.22. The molecule has 0 fully saturated rings. The van der Waals surface area contributed by atoms with Crippen molar-refractivity contribution in [2.45, 2.75) is 16.6 Å². The van der Waals surface area contributed by atoms with Gasteiger partial charge in [-0.2, -0.15) is 0 Å². The van der Waals surface area contributed by atoms with E-state index in [4.69, 9.17) is 0 Å². The minimum Gasteiger partial charge on any atom is -0.272 e. The fraction of sp³-hybridized carbons (Fsp3) is 0.100. The molecule has 1 amide bonds. The van der Waals surface area contributed by atoms with Crippen LogP contribution in [0.2, 0.25) is 0 Å². The van der Waals surface area contributed by atoms with Crippen LogP contribution in [0.5, 0.6) is 0 Å². The van der Waals surface area contributed by atoms with Crippen LogP contribution in [0, 0.1) is 0 Å². The Morgan fingerprint density at radius 3 is 2.29 bits per heavy atom. The lowest BCUT2D eigenvalue weighted by Crippen LogP contribution is -2.33. The summed E-state index contributed by atoms with van der Waals surface area (Å²) in [5.41, 5.74) is 1.80. The number of para-hydroxylation sites is 1. The average molecular weight is 332 g/mol. The summed E-state index contributed by atoms with van der Waals surface area (Å²) in [5.74, 6) is 0.760.